The van der Waals surface area contributed by atoms with E-state index in [1.54, 1.807) is 0 Å². The standard InChI is InChI=1S/Ca.2H3O4P.4H2O.2H/c;2*1-5(2,3)4;;;;;;/h;2*(H3,1,2,3,4);4*1H2;;. The maximum atomic E-state index is 8.88. The first-order valence-corrected chi connectivity index (χ1v) is 4.70. The minimum atomic E-state index is -4.64. The average Bonchev–Trinajstić information content (AvgIpc) is 1.12. The summed E-state index contributed by atoms with van der Waals surface area (Å²) in [6, 6.07) is 0. The molecule has 0 bridgehead atoms. The molecular formula is H16CaO12P2. The second-order valence-corrected chi connectivity index (χ2v) is 3.08. The van der Waals surface area contributed by atoms with E-state index < -0.39 is 15.6 Å². The Morgan fingerprint density at radius 2 is 0.533 bits per heavy atom. The van der Waals surface area contributed by atoms with Gasteiger partial charge in [0, 0.05) is 0 Å². The Balaban J connectivity index is -0.0000000128. The fraction of sp³-hybridized carbons (Fsp3) is 0. The summed E-state index contributed by atoms with van der Waals surface area (Å²) >= 11 is 0. The molecule has 0 aliphatic heterocycles. The minimum absolute atomic E-state index is 0. The van der Waals surface area contributed by atoms with Crippen LogP contribution in [0, 0.1) is 0 Å². The summed E-state index contributed by atoms with van der Waals surface area (Å²) < 4.78 is 17.8. The zero-order valence-electron chi connectivity index (χ0n) is 6.39. The number of rotatable bonds is 0. The fourth-order valence-corrected chi connectivity index (χ4v) is 0. The van der Waals surface area contributed by atoms with Gasteiger partial charge in [0.1, 0.15) is 0 Å². The molecule has 0 spiro atoms. The predicted octanol–water partition coefficient (Wildman–Crippen LogP) is -6.07. The van der Waals surface area contributed by atoms with E-state index in [4.69, 9.17) is 38.5 Å². The van der Waals surface area contributed by atoms with Crippen molar-refractivity contribution in [2.75, 3.05) is 0 Å². The van der Waals surface area contributed by atoms with Gasteiger partial charge >= 0.3 is 53.4 Å². The molecule has 15 heavy (non-hydrogen) atoms. The average molecular weight is 310 g/mol. The van der Waals surface area contributed by atoms with E-state index in [0.29, 0.717) is 0 Å². The Labute approximate surface area is 113 Å². The Morgan fingerprint density at radius 1 is 0.533 bits per heavy atom. The second kappa shape index (κ2) is 17.7. The van der Waals surface area contributed by atoms with Crippen LogP contribution in [0.3, 0.4) is 0 Å². The van der Waals surface area contributed by atoms with Crippen molar-refractivity contribution in [3.05, 3.63) is 0 Å². The monoisotopic (exact) mass is 310 g/mol. The summed E-state index contributed by atoms with van der Waals surface area (Å²) in [6.07, 6.45) is 0. The normalized spacial score (nSPS) is 7.87. The molecule has 0 saturated heterocycles. The van der Waals surface area contributed by atoms with Gasteiger partial charge in [0.2, 0.25) is 0 Å². The maximum absolute atomic E-state index is 8.88. The van der Waals surface area contributed by atoms with Crippen molar-refractivity contribution in [2.45, 2.75) is 0 Å². The Bertz CT molecular complexity index is 126. The first-order chi connectivity index (χ1) is 4.00. The predicted molar refractivity (Wildman–Crippen MR) is 51.5 cm³/mol. The van der Waals surface area contributed by atoms with E-state index in [1.807, 2.05) is 0 Å². The molecule has 0 aromatic rings. The van der Waals surface area contributed by atoms with Crippen molar-refractivity contribution in [2.24, 2.45) is 0 Å². The SMILES string of the molecule is O.O.O.O.O=P(O)(O)O.O=P(O)(O)O.[CaH2]. The van der Waals surface area contributed by atoms with Gasteiger partial charge in [0.05, 0.1) is 0 Å². The summed E-state index contributed by atoms with van der Waals surface area (Å²) in [6.45, 7) is 0. The van der Waals surface area contributed by atoms with Crippen LogP contribution in [0.4, 0.5) is 0 Å². The van der Waals surface area contributed by atoms with Gasteiger partial charge in [-0.2, -0.15) is 0 Å². The van der Waals surface area contributed by atoms with Crippen LogP contribution in [0.15, 0.2) is 0 Å². The van der Waals surface area contributed by atoms with Crippen molar-refractivity contribution >= 4 is 53.4 Å². The van der Waals surface area contributed by atoms with E-state index in [9.17, 15) is 0 Å². The van der Waals surface area contributed by atoms with E-state index in [2.05, 4.69) is 0 Å². The van der Waals surface area contributed by atoms with Crippen molar-refractivity contribution in [1.29, 1.82) is 0 Å². The van der Waals surface area contributed by atoms with Gasteiger partial charge in [-0.1, -0.05) is 0 Å². The molecule has 0 radical (unpaired) electrons. The van der Waals surface area contributed by atoms with Gasteiger partial charge in [-0.25, -0.2) is 9.13 Å². The zero-order chi connectivity index (χ0) is 9.00. The molecule has 0 aliphatic carbocycles. The van der Waals surface area contributed by atoms with Crippen molar-refractivity contribution < 1.29 is 60.4 Å². The third-order valence-corrected chi connectivity index (χ3v) is 0. The summed E-state index contributed by atoms with van der Waals surface area (Å²) in [4.78, 5) is 43.1. The van der Waals surface area contributed by atoms with E-state index in [0.717, 1.165) is 0 Å². The Morgan fingerprint density at radius 3 is 0.533 bits per heavy atom. The first-order valence-electron chi connectivity index (χ1n) is 1.57. The third kappa shape index (κ3) is 1560. The van der Waals surface area contributed by atoms with Gasteiger partial charge in [0.15, 0.2) is 0 Å². The molecule has 0 heterocycles. The van der Waals surface area contributed by atoms with Crippen LogP contribution in [0.5, 0.6) is 0 Å². The van der Waals surface area contributed by atoms with Gasteiger partial charge in [0.25, 0.3) is 0 Å². The van der Waals surface area contributed by atoms with E-state index in [1.165, 1.54) is 0 Å². The zero-order valence-corrected chi connectivity index (χ0v) is 8.18. The molecule has 0 rings (SSSR count). The third-order valence-electron chi connectivity index (χ3n) is 0. The molecule has 0 amide bonds. The van der Waals surface area contributed by atoms with Crippen LogP contribution >= 0.6 is 15.6 Å². The van der Waals surface area contributed by atoms with Gasteiger partial charge in [-0.15, -0.1) is 0 Å². The molecule has 0 aromatic carbocycles. The van der Waals surface area contributed by atoms with Crippen LogP contribution in [0.2, 0.25) is 0 Å². The molecule has 15 heteroatoms. The quantitative estimate of drug-likeness (QED) is 0.184. The van der Waals surface area contributed by atoms with Crippen molar-refractivity contribution in [3.8, 4) is 0 Å². The molecule has 0 saturated carbocycles. The molecule has 0 fully saturated rings. The van der Waals surface area contributed by atoms with E-state index in [-0.39, 0.29) is 59.6 Å². The first kappa shape index (κ1) is 44.1. The second-order valence-electron chi connectivity index (χ2n) is 1.03. The summed E-state index contributed by atoms with van der Waals surface area (Å²) in [5, 5.41) is 0. The molecule has 0 unspecified atom stereocenters. The number of hydrogen-bond donors (Lipinski definition) is 6. The molecule has 0 aliphatic rings. The van der Waals surface area contributed by atoms with Crippen LogP contribution in [-0.2, 0) is 9.13 Å². The fourth-order valence-electron chi connectivity index (χ4n) is 0. The number of phosphoric acid groups is 2. The Hall–Kier alpha value is 1.32. The Kier molecular flexibility index (Phi) is 52.1. The van der Waals surface area contributed by atoms with E-state index >= 15 is 0 Å². The molecular weight excluding hydrogens is 294 g/mol. The van der Waals surface area contributed by atoms with Crippen LogP contribution in [-0.4, -0.2) is 89.0 Å². The van der Waals surface area contributed by atoms with Crippen LogP contribution in [0.25, 0.3) is 0 Å². The topological polar surface area (TPSA) is 282 Å². The van der Waals surface area contributed by atoms with Crippen LogP contribution < -0.4 is 0 Å². The van der Waals surface area contributed by atoms with Gasteiger partial charge in [-0.05, 0) is 0 Å². The molecule has 0 atom stereocenters. The van der Waals surface area contributed by atoms with Crippen molar-refractivity contribution in [1.82, 2.24) is 0 Å². The molecule has 14 N–H and O–H groups in total. The van der Waals surface area contributed by atoms with Gasteiger partial charge in [-0.3, -0.25) is 0 Å². The van der Waals surface area contributed by atoms with Crippen LogP contribution in [0.1, 0.15) is 0 Å². The summed E-state index contributed by atoms with van der Waals surface area (Å²) in [7, 11) is -9.28. The summed E-state index contributed by atoms with van der Waals surface area (Å²) in [5.41, 5.74) is 0. The molecule has 100 valence electrons. The number of hydrogen-bond acceptors (Lipinski definition) is 2. The van der Waals surface area contributed by atoms with Crippen molar-refractivity contribution in [3.63, 3.8) is 0 Å². The van der Waals surface area contributed by atoms with Gasteiger partial charge < -0.3 is 51.3 Å². The molecule has 0 aromatic heterocycles. The molecule has 12 nitrogen and oxygen atoms in total. The summed E-state index contributed by atoms with van der Waals surface area (Å²) in [5.74, 6) is 0.